The van der Waals surface area contributed by atoms with E-state index >= 15 is 0 Å². The van der Waals surface area contributed by atoms with Gasteiger partial charge in [-0.15, -0.1) is 0 Å². The number of ketones is 1. The predicted molar refractivity (Wildman–Crippen MR) is 117 cm³/mol. The van der Waals surface area contributed by atoms with Crippen LogP contribution in [0.4, 0.5) is 0 Å². The number of hydrogen-bond donors (Lipinski definition) is 0. The Labute approximate surface area is 194 Å². The Kier molecular flexibility index (Phi) is 7.04. The van der Waals surface area contributed by atoms with Gasteiger partial charge in [0.25, 0.3) is 11.8 Å². The number of Topliss-reactive ketones (excluding diaryl/α,β-unsaturated/α-hetero) is 1. The number of ether oxygens (including phenoxy) is 1. The van der Waals surface area contributed by atoms with Gasteiger partial charge in [0.2, 0.25) is 0 Å². The maximum absolute atomic E-state index is 12.9. The van der Waals surface area contributed by atoms with Gasteiger partial charge in [0.05, 0.1) is 21.2 Å². The van der Waals surface area contributed by atoms with Gasteiger partial charge in [0, 0.05) is 10.6 Å². The summed E-state index contributed by atoms with van der Waals surface area (Å²) in [7, 11) is 0. The molecule has 0 unspecified atom stereocenters. The molecule has 1 heterocycles. The van der Waals surface area contributed by atoms with Crippen molar-refractivity contribution in [1.29, 1.82) is 0 Å². The largest absolute Gasteiger partial charge is 0.456 e. The second-order valence-electron chi connectivity index (χ2n) is 7.48. The summed E-state index contributed by atoms with van der Waals surface area (Å²) in [5.74, 6) is -2.65. The number of halogens is 3. The first-order valence-electron chi connectivity index (χ1n) is 9.42. The highest BCUT2D eigenvalue weighted by Crippen LogP contribution is 2.33. The van der Waals surface area contributed by atoms with Crippen LogP contribution in [0.15, 0.2) is 36.4 Å². The highest BCUT2D eigenvalue weighted by Gasteiger charge is 2.44. The second-order valence-corrected chi connectivity index (χ2v) is 8.73. The van der Waals surface area contributed by atoms with Gasteiger partial charge in [-0.1, -0.05) is 48.7 Å². The van der Waals surface area contributed by atoms with Crippen LogP contribution in [-0.4, -0.2) is 41.1 Å². The van der Waals surface area contributed by atoms with Crippen molar-refractivity contribution < 1.29 is 23.9 Å². The molecule has 0 radical (unpaired) electrons. The smallest absolute Gasteiger partial charge is 0.329 e. The molecule has 162 valence electrons. The summed E-state index contributed by atoms with van der Waals surface area (Å²) >= 11 is 17.8. The van der Waals surface area contributed by atoms with Crippen LogP contribution in [0.25, 0.3) is 0 Å². The Balaban J connectivity index is 1.80. The minimum Gasteiger partial charge on any atom is -0.456 e. The van der Waals surface area contributed by atoms with Crippen LogP contribution >= 0.6 is 34.8 Å². The summed E-state index contributed by atoms with van der Waals surface area (Å²) < 4.78 is 5.19. The molecular formula is C22H18Cl3NO5. The lowest BCUT2D eigenvalue weighted by atomic mass is 10.0. The molecule has 6 nitrogen and oxygen atoms in total. The summed E-state index contributed by atoms with van der Waals surface area (Å²) in [5.41, 5.74) is 0.457. The first-order chi connectivity index (χ1) is 14.6. The molecule has 0 saturated carbocycles. The maximum atomic E-state index is 12.9. The first kappa shape index (κ1) is 23.3. The standard InChI is InChI=1S/C22H18Cl3NO5/c1-11(2)7-18(22(30)31-10-19(27)12-3-5-13(23)6-4-12)26-20(28)14-8-16(24)17(25)9-15(14)21(26)29/h3-6,8-9,11,18H,7,10H2,1-2H3/t18-/m1/s1. The molecule has 9 heteroatoms. The lowest BCUT2D eigenvalue weighted by molar-refractivity contribution is -0.147. The molecule has 0 N–H and O–H groups in total. The van der Waals surface area contributed by atoms with Gasteiger partial charge >= 0.3 is 5.97 Å². The van der Waals surface area contributed by atoms with E-state index in [1.807, 2.05) is 13.8 Å². The second kappa shape index (κ2) is 9.39. The van der Waals surface area contributed by atoms with E-state index in [-0.39, 0.29) is 33.5 Å². The van der Waals surface area contributed by atoms with Crippen molar-refractivity contribution in [1.82, 2.24) is 4.90 Å². The summed E-state index contributed by atoms with van der Waals surface area (Å²) in [4.78, 5) is 51.8. The van der Waals surface area contributed by atoms with E-state index < -0.39 is 36.2 Å². The zero-order valence-electron chi connectivity index (χ0n) is 16.7. The van der Waals surface area contributed by atoms with E-state index in [4.69, 9.17) is 39.5 Å². The number of benzene rings is 2. The molecule has 1 atom stereocenters. The van der Waals surface area contributed by atoms with Gasteiger partial charge in [0.15, 0.2) is 12.4 Å². The highest BCUT2D eigenvalue weighted by molar-refractivity contribution is 6.43. The minimum absolute atomic E-state index is 0.0407. The normalized spacial score (nSPS) is 14.1. The Morgan fingerprint density at radius 3 is 1.94 bits per heavy atom. The molecule has 0 aliphatic carbocycles. The lowest BCUT2D eigenvalue weighted by Gasteiger charge is -2.25. The fraction of sp³-hybridized carbons (Fsp3) is 0.273. The SMILES string of the molecule is CC(C)C[C@H](C(=O)OCC(=O)c1ccc(Cl)cc1)N1C(=O)c2cc(Cl)c(Cl)cc2C1=O. The molecule has 3 rings (SSSR count). The Bertz CT molecular complexity index is 1020. The van der Waals surface area contributed by atoms with Crippen molar-refractivity contribution in [3.8, 4) is 0 Å². The minimum atomic E-state index is -1.19. The van der Waals surface area contributed by atoms with E-state index in [0.717, 1.165) is 4.90 Å². The van der Waals surface area contributed by atoms with Gasteiger partial charge in [-0.3, -0.25) is 19.3 Å². The Hall–Kier alpha value is -2.41. The molecule has 2 amide bonds. The molecule has 2 aromatic carbocycles. The average Bonchev–Trinajstić information content (AvgIpc) is 2.94. The Morgan fingerprint density at radius 2 is 1.45 bits per heavy atom. The number of nitrogens with zero attached hydrogens (tertiary/aromatic N) is 1. The van der Waals surface area contributed by atoms with Crippen molar-refractivity contribution in [3.05, 3.63) is 68.2 Å². The van der Waals surface area contributed by atoms with Crippen LogP contribution in [0.5, 0.6) is 0 Å². The third kappa shape index (κ3) is 4.92. The summed E-state index contributed by atoms with van der Waals surface area (Å²) in [6.45, 7) is 3.14. The van der Waals surface area contributed by atoms with Crippen molar-refractivity contribution in [2.45, 2.75) is 26.3 Å². The van der Waals surface area contributed by atoms with Gasteiger partial charge in [-0.25, -0.2) is 4.79 Å². The van der Waals surface area contributed by atoms with Crippen LogP contribution in [0.1, 0.15) is 51.3 Å². The van der Waals surface area contributed by atoms with Gasteiger partial charge in [-0.2, -0.15) is 0 Å². The van der Waals surface area contributed by atoms with E-state index in [1.54, 1.807) is 12.1 Å². The Morgan fingerprint density at radius 1 is 0.935 bits per heavy atom. The molecule has 0 saturated heterocycles. The van der Waals surface area contributed by atoms with E-state index in [2.05, 4.69) is 0 Å². The number of hydrogen-bond acceptors (Lipinski definition) is 5. The van der Waals surface area contributed by atoms with Crippen LogP contribution in [0, 0.1) is 5.92 Å². The maximum Gasteiger partial charge on any atom is 0.329 e. The molecule has 0 bridgehead atoms. The molecule has 2 aromatic rings. The highest BCUT2D eigenvalue weighted by atomic mass is 35.5. The van der Waals surface area contributed by atoms with E-state index in [9.17, 15) is 19.2 Å². The number of rotatable bonds is 7. The van der Waals surface area contributed by atoms with Crippen LogP contribution in [0.3, 0.4) is 0 Å². The molecule has 1 aliphatic heterocycles. The molecule has 1 aliphatic rings. The average molecular weight is 483 g/mol. The molecule has 0 spiro atoms. The summed E-state index contributed by atoms with van der Waals surface area (Å²) in [6.07, 6.45) is 0.168. The number of carbonyl (C=O) groups is 4. The quantitative estimate of drug-likeness (QED) is 0.312. The third-order valence-electron chi connectivity index (χ3n) is 4.75. The number of fused-ring (bicyclic) bond motifs is 1. The lowest BCUT2D eigenvalue weighted by Crippen LogP contribution is -2.46. The molecule has 0 aromatic heterocycles. The van der Waals surface area contributed by atoms with Gasteiger partial charge < -0.3 is 4.74 Å². The third-order valence-corrected chi connectivity index (χ3v) is 5.72. The fourth-order valence-electron chi connectivity index (χ4n) is 3.24. The van der Waals surface area contributed by atoms with Crippen molar-refractivity contribution in [2.75, 3.05) is 6.61 Å². The zero-order valence-corrected chi connectivity index (χ0v) is 18.9. The molecular weight excluding hydrogens is 465 g/mol. The van der Waals surface area contributed by atoms with Crippen molar-refractivity contribution in [2.24, 2.45) is 5.92 Å². The molecule has 0 fully saturated rings. The topological polar surface area (TPSA) is 80.8 Å². The van der Waals surface area contributed by atoms with Gasteiger partial charge in [-0.05, 0) is 48.7 Å². The number of amides is 2. The fourth-order valence-corrected chi connectivity index (χ4v) is 3.69. The van der Waals surface area contributed by atoms with Gasteiger partial charge in [0.1, 0.15) is 6.04 Å². The summed E-state index contributed by atoms with van der Waals surface area (Å²) in [5, 5.41) is 0.719. The number of imide groups is 1. The van der Waals surface area contributed by atoms with E-state index in [0.29, 0.717) is 10.6 Å². The zero-order chi connectivity index (χ0) is 22.9. The van der Waals surface area contributed by atoms with Crippen molar-refractivity contribution in [3.63, 3.8) is 0 Å². The predicted octanol–water partition coefficient (Wildman–Crippen LogP) is 5.08. The van der Waals surface area contributed by atoms with Crippen molar-refractivity contribution >= 4 is 58.4 Å². The van der Waals surface area contributed by atoms with Crippen LogP contribution in [-0.2, 0) is 9.53 Å². The summed E-state index contributed by atoms with van der Waals surface area (Å²) in [6, 6.07) is 7.55. The number of carbonyl (C=O) groups excluding carboxylic acids is 4. The monoisotopic (exact) mass is 481 g/mol. The van der Waals surface area contributed by atoms with Crippen LogP contribution in [0.2, 0.25) is 15.1 Å². The molecule has 31 heavy (non-hydrogen) atoms. The van der Waals surface area contributed by atoms with E-state index in [1.165, 1.54) is 24.3 Å². The van der Waals surface area contributed by atoms with Crippen LogP contribution < -0.4 is 0 Å². The first-order valence-corrected chi connectivity index (χ1v) is 10.6. The number of esters is 1.